The Hall–Kier alpha value is -0.800. The first kappa shape index (κ1) is 13.2. The standard InChI is InChI=1S/C9H11ClN2O.ClH/c1-12(9(13)5-10)7-8-3-2-4-11-6-8;/h2-4,6H,5,7H2,1H3;1H. The maximum absolute atomic E-state index is 11.1. The van der Waals surface area contributed by atoms with Gasteiger partial charge in [-0.15, -0.1) is 24.0 Å². The molecule has 78 valence electrons. The second-order valence-corrected chi connectivity index (χ2v) is 3.01. The zero-order valence-electron chi connectivity index (χ0n) is 7.81. The molecule has 0 radical (unpaired) electrons. The number of carbonyl (C=O) groups excluding carboxylic acids is 1. The number of alkyl halides is 1. The second-order valence-electron chi connectivity index (χ2n) is 2.74. The van der Waals surface area contributed by atoms with Gasteiger partial charge in [-0.2, -0.15) is 0 Å². The molecule has 1 aromatic rings. The summed E-state index contributed by atoms with van der Waals surface area (Å²) in [6.45, 7) is 0.555. The summed E-state index contributed by atoms with van der Waals surface area (Å²) in [6, 6.07) is 3.76. The van der Waals surface area contributed by atoms with Crippen LogP contribution in [0.25, 0.3) is 0 Å². The van der Waals surface area contributed by atoms with Crippen molar-refractivity contribution in [3.63, 3.8) is 0 Å². The molecule has 14 heavy (non-hydrogen) atoms. The minimum Gasteiger partial charge on any atom is -0.340 e. The van der Waals surface area contributed by atoms with E-state index in [9.17, 15) is 4.79 Å². The number of halogens is 2. The van der Waals surface area contributed by atoms with Gasteiger partial charge in [-0.1, -0.05) is 6.07 Å². The Kier molecular flexibility index (Phi) is 6.25. The molecule has 0 aromatic carbocycles. The van der Waals surface area contributed by atoms with Crippen LogP contribution in [0.2, 0.25) is 0 Å². The third-order valence-electron chi connectivity index (χ3n) is 1.68. The first-order chi connectivity index (χ1) is 6.24. The molecule has 0 fully saturated rings. The molecule has 0 unspecified atom stereocenters. The molecule has 0 atom stereocenters. The van der Waals surface area contributed by atoms with Gasteiger partial charge in [0.15, 0.2) is 0 Å². The van der Waals surface area contributed by atoms with E-state index in [2.05, 4.69) is 4.98 Å². The summed E-state index contributed by atoms with van der Waals surface area (Å²) in [5, 5.41) is 0. The van der Waals surface area contributed by atoms with Crippen molar-refractivity contribution in [3.05, 3.63) is 30.1 Å². The summed E-state index contributed by atoms with van der Waals surface area (Å²) in [7, 11) is 1.72. The van der Waals surface area contributed by atoms with E-state index in [0.29, 0.717) is 6.54 Å². The summed E-state index contributed by atoms with van der Waals surface area (Å²) in [5.74, 6) is -0.0537. The smallest absolute Gasteiger partial charge is 0.237 e. The van der Waals surface area contributed by atoms with Crippen molar-refractivity contribution in [2.75, 3.05) is 12.9 Å². The summed E-state index contributed by atoms with van der Waals surface area (Å²) >= 11 is 5.41. The van der Waals surface area contributed by atoms with Crippen LogP contribution >= 0.6 is 24.0 Å². The van der Waals surface area contributed by atoms with Crippen molar-refractivity contribution in [3.8, 4) is 0 Å². The molecule has 0 bridgehead atoms. The highest BCUT2D eigenvalue weighted by Gasteiger charge is 2.06. The van der Waals surface area contributed by atoms with Crippen molar-refractivity contribution >= 4 is 29.9 Å². The number of carbonyl (C=O) groups is 1. The van der Waals surface area contributed by atoms with Crippen molar-refractivity contribution < 1.29 is 4.79 Å². The maximum Gasteiger partial charge on any atom is 0.237 e. The number of amides is 1. The SMILES string of the molecule is CN(Cc1cccnc1)C(=O)CCl.Cl. The van der Waals surface area contributed by atoms with Gasteiger partial charge in [0, 0.05) is 26.0 Å². The summed E-state index contributed by atoms with van der Waals surface area (Å²) in [5.41, 5.74) is 1.00. The summed E-state index contributed by atoms with van der Waals surface area (Å²) in [4.78, 5) is 16.6. The average Bonchev–Trinajstić information content (AvgIpc) is 2.18. The number of rotatable bonds is 3. The fourth-order valence-electron chi connectivity index (χ4n) is 0.956. The molecule has 1 amide bonds. The number of pyridine rings is 1. The van der Waals surface area contributed by atoms with Crippen LogP contribution in [0, 0.1) is 0 Å². The molecule has 0 spiro atoms. The minimum atomic E-state index is -0.0782. The zero-order chi connectivity index (χ0) is 9.68. The number of hydrogen-bond donors (Lipinski definition) is 0. The van der Waals surface area contributed by atoms with Crippen LogP contribution in [0.5, 0.6) is 0 Å². The molecule has 3 nitrogen and oxygen atoms in total. The van der Waals surface area contributed by atoms with E-state index in [4.69, 9.17) is 11.6 Å². The van der Waals surface area contributed by atoms with Crippen LogP contribution in [0.4, 0.5) is 0 Å². The van der Waals surface area contributed by atoms with Crippen molar-refractivity contribution in [1.82, 2.24) is 9.88 Å². The van der Waals surface area contributed by atoms with E-state index < -0.39 is 0 Å². The van der Waals surface area contributed by atoms with Gasteiger partial charge >= 0.3 is 0 Å². The van der Waals surface area contributed by atoms with E-state index in [1.807, 2.05) is 12.1 Å². The number of nitrogens with zero attached hydrogens (tertiary/aromatic N) is 2. The first-order valence-corrected chi connectivity index (χ1v) is 4.46. The van der Waals surface area contributed by atoms with Crippen LogP contribution in [0.1, 0.15) is 5.56 Å². The second kappa shape index (κ2) is 6.62. The molecule has 1 rings (SSSR count). The molecular formula is C9H12Cl2N2O. The Bertz CT molecular complexity index is 279. The average molecular weight is 235 g/mol. The van der Waals surface area contributed by atoms with Crippen LogP contribution in [0.3, 0.4) is 0 Å². The maximum atomic E-state index is 11.1. The van der Waals surface area contributed by atoms with Gasteiger partial charge in [0.2, 0.25) is 5.91 Å². The van der Waals surface area contributed by atoms with Crippen LogP contribution in [-0.2, 0) is 11.3 Å². The third kappa shape index (κ3) is 3.94. The third-order valence-corrected chi connectivity index (χ3v) is 1.91. The van der Waals surface area contributed by atoms with Crippen molar-refractivity contribution in [1.29, 1.82) is 0 Å². The molecular weight excluding hydrogens is 223 g/mol. The Balaban J connectivity index is 0.00000169. The molecule has 1 heterocycles. The lowest BCUT2D eigenvalue weighted by atomic mass is 10.3. The van der Waals surface area contributed by atoms with Gasteiger partial charge in [-0.25, -0.2) is 0 Å². The van der Waals surface area contributed by atoms with E-state index in [-0.39, 0.29) is 24.2 Å². The largest absolute Gasteiger partial charge is 0.340 e. The number of aromatic nitrogens is 1. The minimum absolute atomic E-state index is 0. The number of hydrogen-bond acceptors (Lipinski definition) is 2. The topological polar surface area (TPSA) is 33.2 Å². The molecule has 0 aliphatic heterocycles. The molecule has 0 N–H and O–H groups in total. The highest BCUT2D eigenvalue weighted by Crippen LogP contribution is 2.01. The predicted octanol–water partition coefficient (Wildman–Crippen LogP) is 1.70. The lowest BCUT2D eigenvalue weighted by Crippen LogP contribution is -2.27. The van der Waals surface area contributed by atoms with Gasteiger partial charge in [0.05, 0.1) is 0 Å². The fraction of sp³-hybridized carbons (Fsp3) is 0.333. The summed E-state index contributed by atoms with van der Waals surface area (Å²) < 4.78 is 0. The highest BCUT2D eigenvalue weighted by molar-refractivity contribution is 6.27. The molecule has 5 heteroatoms. The Labute approximate surface area is 94.5 Å². The van der Waals surface area contributed by atoms with E-state index in [0.717, 1.165) is 5.56 Å². The van der Waals surface area contributed by atoms with Gasteiger partial charge in [-0.3, -0.25) is 9.78 Å². The van der Waals surface area contributed by atoms with E-state index in [1.165, 1.54) is 0 Å². The normalized spacial score (nSPS) is 9.00. The van der Waals surface area contributed by atoms with Crippen molar-refractivity contribution in [2.45, 2.75) is 6.54 Å². The van der Waals surface area contributed by atoms with Crippen LogP contribution in [0.15, 0.2) is 24.5 Å². The zero-order valence-corrected chi connectivity index (χ0v) is 9.38. The van der Waals surface area contributed by atoms with E-state index in [1.54, 1.807) is 24.3 Å². The van der Waals surface area contributed by atoms with Crippen LogP contribution in [-0.4, -0.2) is 28.7 Å². The lowest BCUT2D eigenvalue weighted by molar-refractivity contribution is -0.127. The van der Waals surface area contributed by atoms with Gasteiger partial charge in [0.25, 0.3) is 0 Å². The first-order valence-electron chi connectivity index (χ1n) is 3.93. The Morgan fingerprint density at radius 3 is 2.86 bits per heavy atom. The highest BCUT2D eigenvalue weighted by atomic mass is 35.5. The molecule has 0 saturated carbocycles. The van der Waals surface area contributed by atoms with Gasteiger partial charge in [0.1, 0.15) is 5.88 Å². The van der Waals surface area contributed by atoms with E-state index >= 15 is 0 Å². The summed E-state index contributed by atoms with van der Waals surface area (Å²) in [6.07, 6.45) is 3.44. The predicted molar refractivity (Wildman–Crippen MR) is 58.7 cm³/mol. The molecule has 0 aliphatic rings. The monoisotopic (exact) mass is 234 g/mol. The lowest BCUT2D eigenvalue weighted by Gasteiger charge is -2.14. The molecule has 0 saturated heterocycles. The quantitative estimate of drug-likeness (QED) is 0.747. The van der Waals surface area contributed by atoms with Gasteiger partial charge < -0.3 is 4.90 Å². The Morgan fingerprint density at radius 1 is 1.64 bits per heavy atom. The van der Waals surface area contributed by atoms with Crippen LogP contribution < -0.4 is 0 Å². The fourth-order valence-corrected chi connectivity index (χ4v) is 1.16. The van der Waals surface area contributed by atoms with Gasteiger partial charge in [-0.05, 0) is 11.6 Å². The molecule has 1 aromatic heterocycles. The molecule has 0 aliphatic carbocycles. The van der Waals surface area contributed by atoms with Crippen molar-refractivity contribution in [2.24, 2.45) is 0 Å². The Morgan fingerprint density at radius 2 is 2.36 bits per heavy atom.